The summed E-state index contributed by atoms with van der Waals surface area (Å²) in [6.45, 7) is 10.8. The van der Waals surface area contributed by atoms with Crippen molar-refractivity contribution in [3.05, 3.63) is 23.3 Å². The van der Waals surface area contributed by atoms with Crippen molar-refractivity contribution < 1.29 is 24.5 Å². The zero-order valence-electron chi connectivity index (χ0n) is 16.2. The molecule has 0 saturated heterocycles. The van der Waals surface area contributed by atoms with Gasteiger partial charge >= 0.3 is 5.97 Å². The Hall–Kier alpha value is -1.46. The molecule has 5 nitrogen and oxygen atoms in total. The molecule has 0 bridgehead atoms. The lowest BCUT2D eigenvalue weighted by Gasteiger charge is -2.27. The number of aliphatic hydroxyl groups excluding tert-OH is 2. The summed E-state index contributed by atoms with van der Waals surface area (Å²) in [5, 5.41) is 20.8. The highest BCUT2D eigenvalue weighted by Crippen LogP contribution is 2.24. The molecule has 0 spiro atoms. The van der Waals surface area contributed by atoms with E-state index in [-0.39, 0.29) is 30.1 Å². The minimum Gasteiger partial charge on any atom is -0.461 e. The van der Waals surface area contributed by atoms with Crippen molar-refractivity contribution in [1.29, 1.82) is 0 Å². The van der Waals surface area contributed by atoms with Gasteiger partial charge < -0.3 is 14.9 Å². The Kier molecular flexibility index (Phi) is 8.03. The Morgan fingerprint density at radius 2 is 1.68 bits per heavy atom. The van der Waals surface area contributed by atoms with Crippen LogP contribution in [0.4, 0.5) is 0 Å². The molecule has 142 valence electrons. The maximum atomic E-state index is 12.4. The monoisotopic (exact) mass is 352 g/mol. The number of carbonyl (C=O) groups is 2. The first-order valence-electron chi connectivity index (χ1n) is 9.04. The van der Waals surface area contributed by atoms with Gasteiger partial charge in [-0.15, -0.1) is 0 Å². The molecule has 0 aliphatic carbocycles. The van der Waals surface area contributed by atoms with Gasteiger partial charge in [0.25, 0.3) is 0 Å². The van der Waals surface area contributed by atoms with Crippen molar-refractivity contribution in [2.45, 2.75) is 72.7 Å². The van der Waals surface area contributed by atoms with Crippen LogP contribution in [0.25, 0.3) is 0 Å². The minimum atomic E-state index is -1.07. The predicted molar refractivity (Wildman–Crippen MR) is 96.8 cm³/mol. The van der Waals surface area contributed by atoms with Crippen LogP contribution in [-0.4, -0.2) is 40.3 Å². The zero-order chi connectivity index (χ0) is 19.3. The molecule has 1 rings (SSSR count). The molecule has 0 radical (unpaired) electrons. The van der Waals surface area contributed by atoms with Crippen molar-refractivity contribution in [2.24, 2.45) is 17.8 Å². The van der Waals surface area contributed by atoms with Gasteiger partial charge in [0.05, 0.1) is 18.1 Å². The largest absolute Gasteiger partial charge is 0.461 e. The van der Waals surface area contributed by atoms with Gasteiger partial charge in [-0.3, -0.25) is 9.59 Å². The van der Waals surface area contributed by atoms with Crippen LogP contribution in [0.15, 0.2) is 23.3 Å². The molecular formula is C20H32O5. The topological polar surface area (TPSA) is 83.8 Å². The minimum absolute atomic E-state index is 0.0737. The van der Waals surface area contributed by atoms with Crippen molar-refractivity contribution >= 4 is 11.8 Å². The third kappa shape index (κ3) is 5.79. The first-order valence-corrected chi connectivity index (χ1v) is 9.04. The maximum Gasteiger partial charge on any atom is 0.311 e. The second-order valence-electron chi connectivity index (χ2n) is 7.37. The Morgan fingerprint density at radius 1 is 1.08 bits per heavy atom. The van der Waals surface area contributed by atoms with Gasteiger partial charge in [-0.05, 0) is 50.3 Å². The second kappa shape index (κ2) is 9.30. The number of hydrogen-bond donors (Lipinski definition) is 2. The number of rotatable bonds is 1. The molecule has 2 unspecified atom stereocenters. The molecule has 0 saturated carbocycles. The Bertz CT molecular complexity index is 548. The highest BCUT2D eigenvalue weighted by atomic mass is 16.5. The van der Waals surface area contributed by atoms with Crippen molar-refractivity contribution in [3.63, 3.8) is 0 Å². The van der Waals surface area contributed by atoms with Gasteiger partial charge in [-0.1, -0.05) is 26.8 Å². The van der Waals surface area contributed by atoms with Gasteiger partial charge in [0, 0.05) is 12.3 Å². The molecule has 1 aliphatic rings. The van der Waals surface area contributed by atoms with Crippen LogP contribution >= 0.6 is 0 Å². The van der Waals surface area contributed by atoms with E-state index in [1.165, 1.54) is 6.08 Å². The first-order chi connectivity index (χ1) is 11.6. The summed E-state index contributed by atoms with van der Waals surface area (Å²) < 4.78 is 5.59. The highest BCUT2D eigenvalue weighted by Gasteiger charge is 2.29. The summed E-state index contributed by atoms with van der Waals surface area (Å²) in [4.78, 5) is 24.6. The number of esters is 1. The first kappa shape index (κ1) is 21.6. The summed E-state index contributed by atoms with van der Waals surface area (Å²) in [6, 6.07) is 0. The van der Waals surface area contributed by atoms with E-state index < -0.39 is 24.1 Å². The molecule has 6 atom stereocenters. The average Bonchev–Trinajstić information content (AvgIpc) is 2.55. The third-order valence-corrected chi connectivity index (χ3v) is 5.01. The summed E-state index contributed by atoms with van der Waals surface area (Å²) in [7, 11) is 0. The van der Waals surface area contributed by atoms with Crippen molar-refractivity contribution in [1.82, 2.24) is 0 Å². The summed E-state index contributed by atoms with van der Waals surface area (Å²) in [5.41, 5.74) is 1.20. The fourth-order valence-electron chi connectivity index (χ4n) is 3.24. The van der Waals surface area contributed by atoms with Crippen LogP contribution in [0.2, 0.25) is 0 Å². The maximum absolute atomic E-state index is 12.4. The van der Waals surface area contributed by atoms with Crippen LogP contribution < -0.4 is 0 Å². The lowest BCUT2D eigenvalue weighted by Crippen LogP contribution is -2.34. The molecule has 1 aliphatic heterocycles. The zero-order valence-corrected chi connectivity index (χ0v) is 16.2. The molecule has 0 aromatic carbocycles. The molecule has 25 heavy (non-hydrogen) atoms. The third-order valence-electron chi connectivity index (χ3n) is 5.01. The van der Waals surface area contributed by atoms with E-state index in [9.17, 15) is 19.8 Å². The number of hydrogen-bond acceptors (Lipinski definition) is 5. The summed E-state index contributed by atoms with van der Waals surface area (Å²) in [6.07, 6.45) is 1.96. The molecule has 5 heteroatoms. The number of carbonyl (C=O) groups excluding carboxylic acids is 2. The Morgan fingerprint density at radius 3 is 2.24 bits per heavy atom. The number of aliphatic hydroxyl groups is 2. The van der Waals surface area contributed by atoms with Gasteiger partial charge in [0.1, 0.15) is 6.10 Å². The lowest BCUT2D eigenvalue weighted by molar-refractivity contribution is -0.158. The average molecular weight is 352 g/mol. The Balaban J connectivity index is 3.23. The van der Waals surface area contributed by atoms with E-state index in [0.29, 0.717) is 12.0 Å². The molecule has 0 amide bonds. The lowest BCUT2D eigenvalue weighted by atomic mass is 9.89. The van der Waals surface area contributed by atoms with E-state index in [1.807, 2.05) is 33.8 Å². The van der Waals surface area contributed by atoms with Crippen molar-refractivity contribution in [3.8, 4) is 0 Å². The SMILES string of the molecule is CCC1OC(=O)[C@H](C)[C@@H](O)/C(C)=C\C(=O)C[C@@H](C)C(O)/C(C)=C/[C@H]1C. The molecular weight excluding hydrogens is 320 g/mol. The normalized spacial score (nSPS) is 40.3. The molecule has 0 aromatic heterocycles. The van der Waals surface area contributed by atoms with Crippen LogP contribution in [0, 0.1) is 17.8 Å². The summed E-state index contributed by atoms with van der Waals surface area (Å²) >= 11 is 0. The van der Waals surface area contributed by atoms with Crippen LogP contribution in [-0.2, 0) is 14.3 Å². The smallest absolute Gasteiger partial charge is 0.311 e. The second-order valence-corrected chi connectivity index (χ2v) is 7.37. The van der Waals surface area contributed by atoms with Gasteiger partial charge in [0.2, 0.25) is 0 Å². The van der Waals surface area contributed by atoms with Gasteiger partial charge in [0.15, 0.2) is 5.78 Å². The predicted octanol–water partition coefficient (Wildman–Crippen LogP) is 2.80. The van der Waals surface area contributed by atoms with Crippen LogP contribution in [0.1, 0.15) is 54.4 Å². The number of ether oxygens (including phenoxy) is 1. The molecule has 0 fully saturated rings. The van der Waals surface area contributed by atoms with E-state index in [2.05, 4.69) is 0 Å². The fraction of sp³-hybridized carbons (Fsp3) is 0.700. The van der Waals surface area contributed by atoms with E-state index >= 15 is 0 Å². The van der Waals surface area contributed by atoms with Crippen LogP contribution in [0.5, 0.6) is 0 Å². The highest BCUT2D eigenvalue weighted by molar-refractivity contribution is 5.90. The fourth-order valence-corrected chi connectivity index (χ4v) is 3.24. The van der Waals surface area contributed by atoms with Gasteiger partial charge in [-0.25, -0.2) is 0 Å². The van der Waals surface area contributed by atoms with E-state index in [4.69, 9.17) is 4.74 Å². The quantitative estimate of drug-likeness (QED) is 0.560. The molecule has 2 N–H and O–H groups in total. The summed E-state index contributed by atoms with van der Waals surface area (Å²) in [5.74, 6) is -1.71. The molecule has 0 aromatic rings. The van der Waals surface area contributed by atoms with Crippen LogP contribution in [0.3, 0.4) is 0 Å². The standard InChI is InChI=1S/C20H32O5/c1-7-17-11(2)8-12(3)18(22)13(4)9-16(21)10-14(5)19(23)15(6)20(24)25-17/h8,10-11,13,15,17-19,22-23H,7,9H2,1-6H3/b12-8+,14-10-/t11-,13-,15-,17?,18?,19+/m1/s1. The Labute approximate surface area is 150 Å². The van der Waals surface area contributed by atoms with E-state index in [1.54, 1.807) is 13.8 Å². The van der Waals surface area contributed by atoms with Gasteiger partial charge in [-0.2, -0.15) is 0 Å². The molecule has 1 heterocycles. The van der Waals surface area contributed by atoms with Crippen molar-refractivity contribution in [2.75, 3.05) is 0 Å². The number of allylic oxidation sites excluding steroid dienone is 1. The van der Waals surface area contributed by atoms with E-state index in [0.717, 1.165) is 5.57 Å². The number of cyclic esters (lactones) is 1. The number of ketones is 1.